The van der Waals surface area contributed by atoms with Gasteiger partial charge in [-0.25, -0.2) is 0 Å². The standard InChI is InChI=1S/C25H28ClN3O2/c1-31-15-14-28-13-12-18-6-3-5-9-24(18)29-20-10-11-22(23(26)16-20)25(30)21-8-4-2-7-19(21)17-27/h2-11,16,28-29H,12-15,17,27H2,1H3. The van der Waals surface area contributed by atoms with Crippen LogP contribution in [-0.2, 0) is 17.7 Å². The zero-order valence-corrected chi connectivity index (χ0v) is 18.4. The van der Waals surface area contributed by atoms with Crippen molar-refractivity contribution in [3.8, 4) is 0 Å². The summed E-state index contributed by atoms with van der Waals surface area (Å²) in [6.45, 7) is 2.68. The summed E-state index contributed by atoms with van der Waals surface area (Å²) >= 11 is 6.49. The zero-order valence-electron chi connectivity index (χ0n) is 17.7. The maximum atomic E-state index is 13.0. The summed E-state index contributed by atoms with van der Waals surface area (Å²) < 4.78 is 5.06. The van der Waals surface area contributed by atoms with Crippen molar-refractivity contribution in [3.05, 3.63) is 94.0 Å². The number of anilines is 2. The number of ether oxygens (including phenoxy) is 1. The molecule has 162 valence electrons. The highest BCUT2D eigenvalue weighted by Crippen LogP contribution is 2.28. The van der Waals surface area contributed by atoms with Crippen molar-refractivity contribution in [3.63, 3.8) is 0 Å². The molecule has 0 radical (unpaired) electrons. The molecule has 0 fully saturated rings. The van der Waals surface area contributed by atoms with Crippen molar-refractivity contribution in [2.45, 2.75) is 13.0 Å². The fraction of sp³-hybridized carbons (Fsp3) is 0.240. The number of hydrogen-bond acceptors (Lipinski definition) is 5. The minimum atomic E-state index is -0.125. The number of carbonyl (C=O) groups is 1. The molecule has 0 aliphatic heterocycles. The van der Waals surface area contributed by atoms with Crippen LogP contribution in [0.3, 0.4) is 0 Å². The molecule has 3 rings (SSSR count). The summed E-state index contributed by atoms with van der Waals surface area (Å²) in [7, 11) is 1.70. The second-order valence-corrected chi connectivity index (χ2v) is 7.57. The fourth-order valence-corrected chi connectivity index (χ4v) is 3.65. The van der Waals surface area contributed by atoms with E-state index in [1.807, 2.05) is 42.5 Å². The van der Waals surface area contributed by atoms with Crippen LogP contribution in [0.25, 0.3) is 0 Å². The third kappa shape index (κ3) is 6.15. The van der Waals surface area contributed by atoms with Crippen molar-refractivity contribution >= 4 is 28.8 Å². The normalized spacial score (nSPS) is 10.8. The van der Waals surface area contributed by atoms with Crippen LogP contribution < -0.4 is 16.4 Å². The Morgan fingerprint density at radius 2 is 1.71 bits per heavy atom. The molecule has 31 heavy (non-hydrogen) atoms. The molecule has 3 aromatic rings. The van der Waals surface area contributed by atoms with E-state index in [1.54, 1.807) is 25.3 Å². The number of nitrogens with one attached hydrogen (secondary N) is 2. The Hall–Kier alpha value is -2.70. The van der Waals surface area contributed by atoms with E-state index in [0.717, 1.165) is 36.4 Å². The van der Waals surface area contributed by atoms with Gasteiger partial charge in [-0.15, -0.1) is 0 Å². The van der Waals surface area contributed by atoms with Crippen LogP contribution in [0.5, 0.6) is 0 Å². The van der Waals surface area contributed by atoms with Crippen LogP contribution in [0.1, 0.15) is 27.0 Å². The minimum absolute atomic E-state index is 0.125. The predicted molar refractivity (Wildman–Crippen MR) is 127 cm³/mol. The van der Waals surface area contributed by atoms with Gasteiger partial charge in [-0.05, 0) is 48.4 Å². The van der Waals surface area contributed by atoms with Gasteiger partial charge in [0.15, 0.2) is 5.78 Å². The van der Waals surface area contributed by atoms with Crippen molar-refractivity contribution < 1.29 is 9.53 Å². The van der Waals surface area contributed by atoms with Gasteiger partial charge in [0.05, 0.1) is 11.6 Å². The minimum Gasteiger partial charge on any atom is -0.383 e. The summed E-state index contributed by atoms with van der Waals surface area (Å²) in [6.07, 6.45) is 0.882. The molecule has 0 aliphatic carbocycles. The second-order valence-electron chi connectivity index (χ2n) is 7.16. The summed E-state index contributed by atoms with van der Waals surface area (Å²) in [5.74, 6) is -0.125. The van der Waals surface area contributed by atoms with Gasteiger partial charge in [0.1, 0.15) is 0 Å². The average Bonchev–Trinajstić information content (AvgIpc) is 2.79. The number of nitrogens with two attached hydrogens (primary N) is 1. The van der Waals surface area contributed by atoms with Gasteiger partial charge >= 0.3 is 0 Å². The van der Waals surface area contributed by atoms with E-state index in [4.69, 9.17) is 22.1 Å². The Labute approximate surface area is 188 Å². The van der Waals surface area contributed by atoms with Gasteiger partial charge in [-0.1, -0.05) is 54.1 Å². The van der Waals surface area contributed by atoms with Crippen LogP contribution in [0.2, 0.25) is 5.02 Å². The summed E-state index contributed by atoms with van der Waals surface area (Å²) in [5.41, 5.74) is 10.7. The number of ketones is 1. The van der Waals surface area contributed by atoms with Crippen LogP contribution in [0.4, 0.5) is 11.4 Å². The Kier molecular flexibility index (Phi) is 8.62. The smallest absolute Gasteiger partial charge is 0.194 e. The van der Waals surface area contributed by atoms with E-state index in [9.17, 15) is 4.79 Å². The van der Waals surface area contributed by atoms with Crippen LogP contribution >= 0.6 is 11.6 Å². The van der Waals surface area contributed by atoms with Crippen molar-refractivity contribution in [2.75, 3.05) is 32.1 Å². The molecule has 0 bridgehead atoms. The number of rotatable bonds is 11. The number of carbonyl (C=O) groups excluding carboxylic acids is 1. The molecular formula is C25H28ClN3O2. The first kappa shape index (κ1) is 23.0. The van der Waals surface area contributed by atoms with Gasteiger partial charge in [0.25, 0.3) is 0 Å². The number of benzene rings is 3. The lowest BCUT2D eigenvalue weighted by molar-refractivity contribution is 0.103. The lowest BCUT2D eigenvalue weighted by Crippen LogP contribution is -2.21. The first-order valence-corrected chi connectivity index (χ1v) is 10.7. The highest BCUT2D eigenvalue weighted by Gasteiger charge is 2.16. The highest BCUT2D eigenvalue weighted by atomic mass is 35.5. The van der Waals surface area contributed by atoms with E-state index in [1.165, 1.54) is 5.56 Å². The van der Waals surface area contributed by atoms with E-state index in [2.05, 4.69) is 16.7 Å². The van der Waals surface area contributed by atoms with Gasteiger partial charge in [0, 0.05) is 42.7 Å². The van der Waals surface area contributed by atoms with Gasteiger partial charge in [0.2, 0.25) is 0 Å². The highest BCUT2D eigenvalue weighted by molar-refractivity contribution is 6.35. The predicted octanol–water partition coefficient (Wildman–Crippen LogP) is 4.55. The fourth-order valence-electron chi connectivity index (χ4n) is 3.38. The van der Waals surface area contributed by atoms with Gasteiger partial charge in [-0.3, -0.25) is 4.79 Å². The monoisotopic (exact) mass is 437 g/mol. The van der Waals surface area contributed by atoms with Gasteiger partial charge in [-0.2, -0.15) is 0 Å². The molecule has 0 spiro atoms. The summed E-state index contributed by atoms with van der Waals surface area (Å²) in [4.78, 5) is 13.0. The Morgan fingerprint density at radius 3 is 2.45 bits per heavy atom. The van der Waals surface area contributed by atoms with E-state index in [-0.39, 0.29) is 5.78 Å². The Morgan fingerprint density at radius 1 is 0.968 bits per heavy atom. The summed E-state index contributed by atoms with van der Waals surface area (Å²) in [5, 5.41) is 7.19. The van der Waals surface area contributed by atoms with Crippen LogP contribution in [0, 0.1) is 0 Å². The zero-order chi connectivity index (χ0) is 22.1. The first-order chi connectivity index (χ1) is 15.1. The lowest BCUT2D eigenvalue weighted by Gasteiger charge is -2.14. The molecular weight excluding hydrogens is 410 g/mol. The molecule has 0 amide bonds. The van der Waals surface area contributed by atoms with Gasteiger partial charge < -0.3 is 21.1 Å². The molecule has 0 aromatic heterocycles. The molecule has 0 saturated carbocycles. The lowest BCUT2D eigenvalue weighted by atomic mass is 9.98. The van der Waals surface area contributed by atoms with Crippen molar-refractivity contribution in [1.82, 2.24) is 5.32 Å². The second kappa shape index (κ2) is 11.6. The third-order valence-electron chi connectivity index (χ3n) is 5.05. The molecule has 0 saturated heterocycles. The van der Waals surface area contributed by atoms with Crippen LogP contribution in [-0.4, -0.2) is 32.6 Å². The maximum absolute atomic E-state index is 13.0. The molecule has 0 heterocycles. The molecule has 4 N–H and O–H groups in total. The quantitative estimate of drug-likeness (QED) is 0.303. The number of halogens is 1. The molecule has 0 atom stereocenters. The molecule has 6 heteroatoms. The molecule has 0 unspecified atom stereocenters. The molecule has 0 aliphatic rings. The number of methoxy groups -OCH3 is 1. The van der Waals surface area contributed by atoms with E-state index < -0.39 is 0 Å². The van der Waals surface area contributed by atoms with Crippen LogP contribution in [0.15, 0.2) is 66.7 Å². The van der Waals surface area contributed by atoms with Crippen molar-refractivity contribution in [1.29, 1.82) is 0 Å². The Bertz CT molecular complexity index is 1020. The Balaban J connectivity index is 1.73. The summed E-state index contributed by atoms with van der Waals surface area (Å²) in [6, 6.07) is 20.9. The number of para-hydroxylation sites is 1. The number of hydrogen-bond donors (Lipinski definition) is 3. The average molecular weight is 438 g/mol. The van der Waals surface area contributed by atoms with Crippen molar-refractivity contribution in [2.24, 2.45) is 5.73 Å². The topological polar surface area (TPSA) is 76.4 Å². The molecule has 5 nitrogen and oxygen atoms in total. The van der Waals surface area contributed by atoms with E-state index >= 15 is 0 Å². The molecule has 3 aromatic carbocycles. The maximum Gasteiger partial charge on any atom is 0.194 e. The van der Waals surface area contributed by atoms with E-state index in [0.29, 0.717) is 29.3 Å². The largest absolute Gasteiger partial charge is 0.383 e. The third-order valence-corrected chi connectivity index (χ3v) is 5.36. The SMILES string of the molecule is COCCNCCc1ccccc1Nc1ccc(C(=O)c2ccccc2CN)c(Cl)c1. The first-order valence-electron chi connectivity index (χ1n) is 10.3.